The number of carbonyl (C=O) groups excluding carboxylic acids is 1. The quantitative estimate of drug-likeness (QED) is 0.749. The Kier molecular flexibility index (Phi) is 3.66. The van der Waals surface area contributed by atoms with E-state index in [4.69, 9.17) is 0 Å². The van der Waals surface area contributed by atoms with E-state index in [0.29, 0.717) is 15.7 Å². The molecular formula is C16H10BrFN2O. The lowest BCUT2D eigenvalue weighted by molar-refractivity contribution is 0.102. The molecule has 0 spiro atoms. The SMILES string of the molecule is O=C(Nc1cccc2cccnc12)c1cc(F)cc(Br)c1. The molecule has 21 heavy (non-hydrogen) atoms. The van der Waals surface area contributed by atoms with E-state index < -0.39 is 5.82 Å². The van der Waals surface area contributed by atoms with Gasteiger partial charge in [0.1, 0.15) is 5.82 Å². The van der Waals surface area contributed by atoms with Gasteiger partial charge in [0.15, 0.2) is 0 Å². The molecule has 0 radical (unpaired) electrons. The maximum Gasteiger partial charge on any atom is 0.255 e. The Morgan fingerprint density at radius 2 is 1.95 bits per heavy atom. The van der Waals surface area contributed by atoms with Gasteiger partial charge in [0, 0.05) is 21.6 Å². The summed E-state index contributed by atoms with van der Waals surface area (Å²) >= 11 is 3.17. The average Bonchev–Trinajstić information content (AvgIpc) is 2.46. The number of anilines is 1. The maximum absolute atomic E-state index is 13.4. The smallest absolute Gasteiger partial charge is 0.255 e. The number of para-hydroxylation sites is 1. The number of hydrogen-bond acceptors (Lipinski definition) is 2. The van der Waals surface area contributed by atoms with Gasteiger partial charge in [0.25, 0.3) is 5.91 Å². The highest BCUT2D eigenvalue weighted by Gasteiger charge is 2.10. The van der Waals surface area contributed by atoms with E-state index in [0.717, 1.165) is 5.39 Å². The number of carbonyl (C=O) groups is 1. The van der Waals surface area contributed by atoms with Crippen molar-refractivity contribution < 1.29 is 9.18 Å². The normalized spacial score (nSPS) is 10.6. The minimum atomic E-state index is -0.467. The molecule has 1 aromatic heterocycles. The molecule has 0 saturated carbocycles. The van der Waals surface area contributed by atoms with Gasteiger partial charge in [-0.2, -0.15) is 0 Å². The molecule has 1 N–H and O–H groups in total. The molecule has 0 bridgehead atoms. The summed E-state index contributed by atoms with van der Waals surface area (Å²) in [6.45, 7) is 0. The standard InChI is InChI=1S/C16H10BrFN2O/c17-12-7-11(8-13(18)9-12)16(21)20-14-5-1-3-10-4-2-6-19-15(10)14/h1-9H,(H,20,21). The van der Waals surface area contributed by atoms with E-state index in [9.17, 15) is 9.18 Å². The van der Waals surface area contributed by atoms with Crippen LogP contribution in [-0.4, -0.2) is 10.9 Å². The van der Waals surface area contributed by atoms with E-state index in [1.165, 1.54) is 12.1 Å². The van der Waals surface area contributed by atoms with Crippen molar-refractivity contribution in [1.29, 1.82) is 0 Å². The van der Waals surface area contributed by atoms with Crippen molar-refractivity contribution >= 4 is 38.4 Å². The Morgan fingerprint density at radius 1 is 1.14 bits per heavy atom. The summed E-state index contributed by atoms with van der Waals surface area (Å²) in [4.78, 5) is 16.5. The van der Waals surface area contributed by atoms with Crippen LogP contribution in [0.2, 0.25) is 0 Å². The van der Waals surface area contributed by atoms with Gasteiger partial charge in [0.05, 0.1) is 11.2 Å². The van der Waals surface area contributed by atoms with Crippen LogP contribution in [0.1, 0.15) is 10.4 Å². The van der Waals surface area contributed by atoms with Crippen molar-refractivity contribution in [2.75, 3.05) is 5.32 Å². The summed E-state index contributed by atoms with van der Waals surface area (Å²) < 4.78 is 13.9. The van der Waals surface area contributed by atoms with Gasteiger partial charge < -0.3 is 5.32 Å². The molecule has 0 aliphatic rings. The highest BCUT2D eigenvalue weighted by atomic mass is 79.9. The second-order valence-corrected chi connectivity index (χ2v) is 5.41. The van der Waals surface area contributed by atoms with Gasteiger partial charge in [-0.25, -0.2) is 4.39 Å². The number of rotatable bonds is 2. The largest absolute Gasteiger partial charge is 0.320 e. The summed E-state index contributed by atoms with van der Waals surface area (Å²) in [6, 6.07) is 13.3. The molecule has 0 aliphatic heterocycles. The molecule has 1 amide bonds. The Balaban J connectivity index is 1.96. The van der Waals surface area contributed by atoms with Crippen LogP contribution in [0, 0.1) is 5.82 Å². The van der Waals surface area contributed by atoms with E-state index in [1.807, 2.05) is 24.3 Å². The third-order valence-electron chi connectivity index (χ3n) is 3.01. The maximum atomic E-state index is 13.4. The first kappa shape index (κ1) is 13.7. The Morgan fingerprint density at radius 3 is 2.76 bits per heavy atom. The van der Waals surface area contributed by atoms with E-state index in [2.05, 4.69) is 26.2 Å². The summed E-state index contributed by atoms with van der Waals surface area (Å²) in [5.74, 6) is -0.848. The lowest BCUT2D eigenvalue weighted by Crippen LogP contribution is -2.12. The van der Waals surface area contributed by atoms with E-state index in [-0.39, 0.29) is 11.5 Å². The predicted molar refractivity (Wildman–Crippen MR) is 83.8 cm³/mol. The van der Waals surface area contributed by atoms with Crippen LogP contribution in [-0.2, 0) is 0 Å². The lowest BCUT2D eigenvalue weighted by atomic mass is 10.1. The fraction of sp³-hybridized carbons (Fsp3) is 0. The van der Waals surface area contributed by atoms with Crippen molar-refractivity contribution in [2.45, 2.75) is 0 Å². The van der Waals surface area contributed by atoms with Crippen LogP contribution < -0.4 is 5.32 Å². The van der Waals surface area contributed by atoms with Gasteiger partial charge in [0.2, 0.25) is 0 Å². The van der Waals surface area contributed by atoms with Gasteiger partial charge in [-0.05, 0) is 30.3 Å². The molecule has 0 aliphatic carbocycles. The molecule has 0 saturated heterocycles. The number of halogens is 2. The molecule has 2 aromatic carbocycles. The number of amides is 1. The number of pyridine rings is 1. The topological polar surface area (TPSA) is 42.0 Å². The lowest BCUT2D eigenvalue weighted by Gasteiger charge is -2.08. The fourth-order valence-corrected chi connectivity index (χ4v) is 2.55. The van der Waals surface area contributed by atoms with E-state index in [1.54, 1.807) is 18.3 Å². The monoisotopic (exact) mass is 344 g/mol. The number of nitrogens with zero attached hydrogens (tertiary/aromatic N) is 1. The Bertz CT molecular complexity index is 810. The van der Waals surface area contributed by atoms with Crippen LogP contribution >= 0.6 is 15.9 Å². The molecule has 3 rings (SSSR count). The molecule has 3 aromatic rings. The Labute approximate surface area is 128 Å². The fourth-order valence-electron chi connectivity index (χ4n) is 2.08. The number of fused-ring (bicyclic) bond motifs is 1. The second-order valence-electron chi connectivity index (χ2n) is 4.49. The molecule has 5 heteroatoms. The predicted octanol–water partition coefficient (Wildman–Crippen LogP) is 4.39. The first-order valence-electron chi connectivity index (χ1n) is 6.25. The van der Waals surface area contributed by atoms with Gasteiger partial charge >= 0.3 is 0 Å². The second kappa shape index (κ2) is 5.61. The molecule has 0 unspecified atom stereocenters. The number of hydrogen-bond donors (Lipinski definition) is 1. The van der Waals surface area contributed by atoms with Crippen molar-refractivity contribution in [1.82, 2.24) is 4.98 Å². The van der Waals surface area contributed by atoms with Gasteiger partial charge in [-0.1, -0.05) is 34.1 Å². The molecule has 0 atom stereocenters. The van der Waals surface area contributed by atoms with Gasteiger partial charge in [-0.3, -0.25) is 9.78 Å². The van der Waals surface area contributed by atoms with Crippen LogP contribution in [0.4, 0.5) is 10.1 Å². The third kappa shape index (κ3) is 2.92. The van der Waals surface area contributed by atoms with Gasteiger partial charge in [-0.15, -0.1) is 0 Å². The first-order chi connectivity index (χ1) is 10.1. The average molecular weight is 345 g/mol. The zero-order chi connectivity index (χ0) is 14.8. The zero-order valence-corrected chi connectivity index (χ0v) is 12.4. The summed E-state index contributed by atoms with van der Waals surface area (Å²) in [7, 11) is 0. The third-order valence-corrected chi connectivity index (χ3v) is 3.46. The van der Waals surface area contributed by atoms with Crippen molar-refractivity contribution in [2.24, 2.45) is 0 Å². The molecule has 0 fully saturated rings. The molecule has 3 nitrogen and oxygen atoms in total. The molecule has 1 heterocycles. The summed E-state index contributed by atoms with van der Waals surface area (Å²) in [6.07, 6.45) is 1.66. The van der Waals surface area contributed by atoms with Crippen LogP contribution in [0.5, 0.6) is 0 Å². The minimum Gasteiger partial charge on any atom is -0.320 e. The van der Waals surface area contributed by atoms with Crippen molar-refractivity contribution in [3.8, 4) is 0 Å². The highest BCUT2D eigenvalue weighted by Crippen LogP contribution is 2.22. The number of nitrogens with one attached hydrogen (secondary N) is 1. The molecule has 104 valence electrons. The van der Waals surface area contributed by atoms with Crippen molar-refractivity contribution in [3.63, 3.8) is 0 Å². The molecular weight excluding hydrogens is 335 g/mol. The zero-order valence-electron chi connectivity index (χ0n) is 10.8. The van der Waals surface area contributed by atoms with Crippen LogP contribution in [0.15, 0.2) is 59.2 Å². The van der Waals surface area contributed by atoms with Crippen LogP contribution in [0.25, 0.3) is 10.9 Å². The van der Waals surface area contributed by atoms with E-state index >= 15 is 0 Å². The number of benzene rings is 2. The highest BCUT2D eigenvalue weighted by molar-refractivity contribution is 9.10. The Hall–Kier alpha value is -2.27. The number of aromatic nitrogens is 1. The summed E-state index contributed by atoms with van der Waals surface area (Å²) in [5, 5.41) is 3.69. The van der Waals surface area contributed by atoms with Crippen molar-refractivity contribution in [3.05, 3.63) is 70.6 Å². The van der Waals surface area contributed by atoms with Crippen LogP contribution in [0.3, 0.4) is 0 Å². The minimum absolute atomic E-state index is 0.245. The summed E-state index contributed by atoms with van der Waals surface area (Å²) in [5.41, 5.74) is 1.54. The first-order valence-corrected chi connectivity index (χ1v) is 7.04.